The molecule has 51 heavy (non-hydrogen) atoms. The molecule has 278 valence electrons. The van der Waals surface area contributed by atoms with E-state index in [1.165, 1.54) is 11.9 Å². The van der Waals surface area contributed by atoms with Crippen LogP contribution in [0, 0.1) is 5.92 Å². The molecule has 1 aliphatic heterocycles. The Hall–Kier alpha value is -4.45. The molecule has 0 bridgehead atoms. The van der Waals surface area contributed by atoms with Crippen LogP contribution in [0.2, 0.25) is 0 Å². The number of likely N-dealkylation sites (tertiary alicyclic amines) is 1. The minimum Gasteiger partial charge on any atom is -0.449 e. The van der Waals surface area contributed by atoms with Gasteiger partial charge in [-0.05, 0) is 60.3 Å². The number of nitrogens with zero attached hydrogens (tertiary/aromatic N) is 2. The molecule has 1 heterocycles. The summed E-state index contributed by atoms with van der Waals surface area (Å²) in [5.41, 5.74) is 4.40. The van der Waals surface area contributed by atoms with Crippen molar-refractivity contribution in [3.05, 3.63) is 59.7 Å². The lowest BCUT2D eigenvalue weighted by atomic mass is 9.98. The number of rotatable bonds is 18. The Bertz CT molecular complexity index is 1450. The summed E-state index contributed by atoms with van der Waals surface area (Å²) in [5.74, 6) is -1.45. The molecule has 12 heteroatoms. The number of hydrogen-bond donors (Lipinski definition) is 3. The summed E-state index contributed by atoms with van der Waals surface area (Å²) >= 11 is 0. The fourth-order valence-electron chi connectivity index (χ4n) is 6.49. The normalized spacial score (nSPS) is 15.0. The molecule has 1 aliphatic carbocycles. The number of carbonyl (C=O) groups is 5. The number of carbonyl (C=O) groups excluding carboxylic acids is 5. The molecule has 0 saturated carbocycles. The van der Waals surface area contributed by atoms with Gasteiger partial charge in [0, 0.05) is 32.7 Å². The van der Waals surface area contributed by atoms with Crippen LogP contribution < -0.4 is 16.0 Å². The Balaban J connectivity index is 1.32. The van der Waals surface area contributed by atoms with Crippen molar-refractivity contribution in [3.63, 3.8) is 0 Å². The van der Waals surface area contributed by atoms with Gasteiger partial charge in [0.05, 0.1) is 19.7 Å². The third kappa shape index (κ3) is 11.5. The van der Waals surface area contributed by atoms with E-state index in [-0.39, 0.29) is 38.1 Å². The van der Waals surface area contributed by atoms with Crippen molar-refractivity contribution in [1.29, 1.82) is 0 Å². The number of piperidine rings is 1. The molecule has 0 aromatic heterocycles. The highest BCUT2D eigenvalue weighted by Gasteiger charge is 2.31. The number of unbranched alkanes of at least 4 members (excludes halogenated alkanes) is 1. The molecule has 2 unspecified atom stereocenters. The van der Waals surface area contributed by atoms with Crippen LogP contribution in [0.4, 0.5) is 4.79 Å². The predicted octanol–water partition coefficient (Wildman–Crippen LogP) is 4.22. The Kier molecular flexibility index (Phi) is 15.3. The van der Waals surface area contributed by atoms with E-state index in [4.69, 9.17) is 9.47 Å². The van der Waals surface area contributed by atoms with Crippen LogP contribution >= 0.6 is 0 Å². The molecule has 2 atom stereocenters. The predicted molar refractivity (Wildman–Crippen MR) is 195 cm³/mol. The summed E-state index contributed by atoms with van der Waals surface area (Å²) in [6.07, 6.45) is 4.87. The standard InChI is InChI=1S/C39H55N5O7/c1-5-6-18-33(42-39(49)51-25-32-30-16-10-8-14-28(30)29-15-9-11-17-31(29)32)38(48)43(4)24-35(45)41-34(26-50-22-19-27(2)3)37(47)40-23-36(46)44-20-12-7-13-21-44/h8-11,14-17,27,32-34H,5-7,12-13,18-26H2,1-4H3,(H,40,47)(H,41,45)(H,42,49). The average Bonchev–Trinajstić information content (AvgIpc) is 3.45. The Labute approximate surface area is 302 Å². The zero-order chi connectivity index (χ0) is 36.8. The summed E-state index contributed by atoms with van der Waals surface area (Å²) in [4.78, 5) is 68.6. The van der Waals surface area contributed by atoms with Crippen LogP contribution in [0.25, 0.3) is 11.1 Å². The van der Waals surface area contributed by atoms with Gasteiger partial charge >= 0.3 is 6.09 Å². The van der Waals surface area contributed by atoms with Gasteiger partial charge in [0.15, 0.2) is 0 Å². The molecular formula is C39H55N5O7. The molecule has 2 aromatic carbocycles. The van der Waals surface area contributed by atoms with E-state index in [2.05, 4.69) is 41.9 Å². The Morgan fingerprint density at radius 3 is 2.16 bits per heavy atom. The second-order valence-corrected chi connectivity index (χ2v) is 13.9. The quantitative estimate of drug-likeness (QED) is 0.197. The summed E-state index contributed by atoms with van der Waals surface area (Å²) in [6.45, 7) is 7.36. The summed E-state index contributed by atoms with van der Waals surface area (Å²) < 4.78 is 11.4. The maximum absolute atomic E-state index is 13.6. The number of amides is 5. The SMILES string of the molecule is CCCCC(NC(=O)OCC1c2ccccc2-c2ccccc21)C(=O)N(C)CC(=O)NC(COCCC(C)C)C(=O)NCC(=O)N1CCCCC1. The topological polar surface area (TPSA) is 146 Å². The lowest BCUT2D eigenvalue weighted by Gasteiger charge is -2.27. The van der Waals surface area contributed by atoms with Crippen molar-refractivity contribution in [3.8, 4) is 11.1 Å². The highest BCUT2D eigenvalue weighted by Crippen LogP contribution is 2.44. The summed E-state index contributed by atoms with van der Waals surface area (Å²) in [5, 5.41) is 8.06. The summed E-state index contributed by atoms with van der Waals surface area (Å²) in [6, 6.07) is 14.1. The van der Waals surface area contributed by atoms with E-state index in [1.54, 1.807) is 4.90 Å². The average molecular weight is 706 g/mol. The van der Waals surface area contributed by atoms with Crippen molar-refractivity contribution in [2.75, 3.05) is 53.0 Å². The molecule has 1 saturated heterocycles. The molecule has 12 nitrogen and oxygen atoms in total. The largest absolute Gasteiger partial charge is 0.449 e. The lowest BCUT2D eigenvalue weighted by molar-refractivity contribution is -0.138. The van der Waals surface area contributed by atoms with E-state index < -0.39 is 35.9 Å². The van der Waals surface area contributed by atoms with Gasteiger partial charge in [-0.25, -0.2) is 4.79 Å². The maximum atomic E-state index is 13.6. The number of ether oxygens (including phenoxy) is 2. The molecule has 0 radical (unpaired) electrons. The van der Waals surface area contributed by atoms with E-state index in [0.717, 1.165) is 54.4 Å². The zero-order valence-corrected chi connectivity index (χ0v) is 30.6. The smallest absolute Gasteiger partial charge is 0.407 e. The molecule has 0 spiro atoms. The van der Waals surface area contributed by atoms with Gasteiger partial charge in [-0.3, -0.25) is 19.2 Å². The maximum Gasteiger partial charge on any atom is 0.407 e. The van der Waals surface area contributed by atoms with Gasteiger partial charge in [0.2, 0.25) is 23.6 Å². The molecule has 5 amide bonds. The fourth-order valence-corrected chi connectivity index (χ4v) is 6.49. The van der Waals surface area contributed by atoms with Gasteiger partial charge in [-0.15, -0.1) is 0 Å². The molecule has 2 aromatic rings. The van der Waals surface area contributed by atoms with Crippen LogP contribution in [-0.4, -0.2) is 105 Å². The summed E-state index contributed by atoms with van der Waals surface area (Å²) in [7, 11) is 1.48. The fraction of sp³-hybridized carbons (Fsp3) is 0.564. The highest BCUT2D eigenvalue weighted by atomic mass is 16.5. The molecule has 1 fully saturated rings. The zero-order valence-electron chi connectivity index (χ0n) is 30.6. The number of hydrogen-bond acceptors (Lipinski definition) is 7. The molecular weight excluding hydrogens is 650 g/mol. The number of nitrogens with one attached hydrogen (secondary N) is 3. The number of alkyl carbamates (subject to hydrolysis) is 1. The number of benzene rings is 2. The monoisotopic (exact) mass is 705 g/mol. The Morgan fingerprint density at radius 1 is 0.882 bits per heavy atom. The van der Waals surface area contributed by atoms with Crippen LogP contribution in [0.5, 0.6) is 0 Å². The number of likely N-dealkylation sites (N-methyl/N-ethyl adjacent to an activating group) is 1. The number of fused-ring (bicyclic) bond motifs is 3. The van der Waals surface area contributed by atoms with Crippen molar-refractivity contribution < 1.29 is 33.4 Å². The minimum absolute atomic E-state index is 0.0810. The van der Waals surface area contributed by atoms with Crippen molar-refractivity contribution in [2.45, 2.75) is 83.7 Å². The van der Waals surface area contributed by atoms with Gasteiger partial charge in [-0.2, -0.15) is 0 Å². The minimum atomic E-state index is -1.06. The third-order valence-electron chi connectivity index (χ3n) is 9.44. The highest BCUT2D eigenvalue weighted by molar-refractivity contribution is 5.93. The van der Waals surface area contributed by atoms with Gasteiger partial charge in [-0.1, -0.05) is 82.1 Å². The van der Waals surface area contributed by atoms with Crippen LogP contribution in [0.3, 0.4) is 0 Å². The first kappa shape index (κ1) is 39.3. The van der Waals surface area contributed by atoms with Crippen molar-refractivity contribution in [1.82, 2.24) is 25.8 Å². The van der Waals surface area contributed by atoms with Crippen LogP contribution in [0.1, 0.15) is 82.8 Å². The van der Waals surface area contributed by atoms with Gasteiger partial charge in [0.1, 0.15) is 18.7 Å². The van der Waals surface area contributed by atoms with Crippen LogP contribution in [-0.2, 0) is 28.7 Å². The van der Waals surface area contributed by atoms with Gasteiger partial charge < -0.3 is 35.2 Å². The van der Waals surface area contributed by atoms with E-state index in [0.29, 0.717) is 38.5 Å². The first-order valence-corrected chi connectivity index (χ1v) is 18.4. The molecule has 3 N–H and O–H groups in total. The van der Waals surface area contributed by atoms with Crippen molar-refractivity contribution >= 4 is 29.7 Å². The first-order chi connectivity index (χ1) is 24.6. The molecule has 2 aliphatic rings. The van der Waals surface area contributed by atoms with Crippen LogP contribution in [0.15, 0.2) is 48.5 Å². The van der Waals surface area contributed by atoms with E-state index in [1.807, 2.05) is 43.3 Å². The lowest BCUT2D eigenvalue weighted by Crippen LogP contribution is -2.54. The second-order valence-electron chi connectivity index (χ2n) is 13.9. The van der Waals surface area contributed by atoms with E-state index in [9.17, 15) is 24.0 Å². The van der Waals surface area contributed by atoms with E-state index >= 15 is 0 Å². The molecule has 4 rings (SSSR count). The first-order valence-electron chi connectivity index (χ1n) is 18.4. The van der Waals surface area contributed by atoms with Gasteiger partial charge in [0.25, 0.3) is 0 Å². The Morgan fingerprint density at radius 2 is 1.53 bits per heavy atom. The van der Waals surface area contributed by atoms with Crippen molar-refractivity contribution in [2.24, 2.45) is 5.92 Å². The third-order valence-corrected chi connectivity index (χ3v) is 9.44. The second kappa shape index (κ2) is 19.8.